The highest BCUT2D eigenvalue weighted by atomic mass is 16.2. The second-order valence-corrected chi connectivity index (χ2v) is 5.29. The molecule has 1 aliphatic carbocycles. The maximum Gasteiger partial charge on any atom is 0.315 e. The minimum absolute atomic E-state index is 0.0103. The minimum atomic E-state index is -0.263. The third kappa shape index (κ3) is 5.81. The molecule has 0 aromatic carbocycles. The van der Waals surface area contributed by atoms with Crippen LogP contribution in [0.15, 0.2) is 24.5 Å². The molecule has 1 saturated carbocycles. The predicted molar refractivity (Wildman–Crippen MR) is 79.5 cm³/mol. The first-order valence-electron chi connectivity index (χ1n) is 7.44. The molecule has 1 heterocycles. The van der Waals surface area contributed by atoms with Gasteiger partial charge in [0.15, 0.2) is 0 Å². The zero-order chi connectivity index (χ0) is 14.9. The minimum Gasteiger partial charge on any atom is -0.350 e. The van der Waals surface area contributed by atoms with Crippen LogP contribution in [0.1, 0.15) is 37.7 Å². The van der Waals surface area contributed by atoms with Crippen molar-refractivity contribution in [1.82, 2.24) is 20.9 Å². The molecule has 0 spiro atoms. The molecule has 0 saturated heterocycles. The quantitative estimate of drug-likeness (QED) is 0.765. The Labute approximate surface area is 124 Å². The third-order valence-electron chi connectivity index (χ3n) is 3.59. The van der Waals surface area contributed by atoms with Crippen LogP contribution in [0.25, 0.3) is 0 Å². The van der Waals surface area contributed by atoms with Crippen molar-refractivity contribution < 1.29 is 9.59 Å². The standard InChI is InChI=1S/C15H22N4O2/c20-14(17-10-12-6-8-16-9-7-12)11-18-15(21)19-13-4-2-1-3-5-13/h6-9,13H,1-5,10-11H2,(H,17,20)(H2,18,19,21). The van der Waals surface area contributed by atoms with Gasteiger partial charge in [0, 0.05) is 25.0 Å². The van der Waals surface area contributed by atoms with E-state index in [1.807, 2.05) is 12.1 Å². The van der Waals surface area contributed by atoms with Gasteiger partial charge >= 0.3 is 6.03 Å². The SMILES string of the molecule is O=C(CNC(=O)NC1CCCCC1)NCc1ccncc1. The Balaban J connectivity index is 1.60. The zero-order valence-corrected chi connectivity index (χ0v) is 12.1. The number of rotatable bonds is 5. The van der Waals surface area contributed by atoms with Gasteiger partial charge in [-0.05, 0) is 30.5 Å². The predicted octanol–water partition coefficient (Wildman–Crippen LogP) is 1.33. The Bertz CT molecular complexity index is 458. The van der Waals surface area contributed by atoms with E-state index in [4.69, 9.17) is 0 Å². The van der Waals surface area contributed by atoms with Crippen LogP contribution in [0.4, 0.5) is 4.79 Å². The number of aromatic nitrogens is 1. The highest BCUT2D eigenvalue weighted by Crippen LogP contribution is 2.16. The Hall–Kier alpha value is -2.11. The molecule has 6 nitrogen and oxygen atoms in total. The molecule has 2 rings (SSSR count). The number of pyridine rings is 1. The van der Waals surface area contributed by atoms with Crippen molar-refractivity contribution in [2.24, 2.45) is 0 Å². The Morgan fingerprint density at radius 1 is 1.10 bits per heavy atom. The average molecular weight is 290 g/mol. The largest absolute Gasteiger partial charge is 0.350 e. The maximum atomic E-state index is 11.7. The van der Waals surface area contributed by atoms with E-state index in [0.29, 0.717) is 6.54 Å². The van der Waals surface area contributed by atoms with E-state index in [1.54, 1.807) is 12.4 Å². The molecule has 3 N–H and O–H groups in total. The highest BCUT2D eigenvalue weighted by molar-refractivity contribution is 5.83. The molecule has 1 aromatic rings. The molecular formula is C15H22N4O2. The Morgan fingerprint density at radius 2 is 1.81 bits per heavy atom. The molecule has 0 unspecified atom stereocenters. The van der Waals surface area contributed by atoms with Gasteiger partial charge in [-0.15, -0.1) is 0 Å². The van der Waals surface area contributed by atoms with Crippen molar-refractivity contribution in [3.8, 4) is 0 Å². The number of carbonyl (C=O) groups is 2. The van der Waals surface area contributed by atoms with Crippen molar-refractivity contribution in [2.45, 2.75) is 44.7 Å². The molecule has 3 amide bonds. The monoisotopic (exact) mass is 290 g/mol. The fourth-order valence-electron chi connectivity index (χ4n) is 2.41. The van der Waals surface area contributed by atoms with Crippen LogP contribution in [0.3, 0.4) is 0 Å². The van der Waals surface area contributed by atoms with E-state index < -0.39 is 0 Å². The summed E-state index contributed by atoms with van der Waals surface area (Å²) in [5.41, 5.74) is 0.977. The highest BCUT2D eigenvalue weighted by Gasteiger charge is 2.15. The van der Waals surface area contributed by atoms with Crippen LogP contribution < -0.4 is 16.0 Å². The van der Waals surface area contributed by atoms with Gasteiger partial charge in [0.2, 0.25) is 5.91 Å². The van der Waals surface area contributed by atoms with Gasteiger partial charge < -0.3 is 16.0 Å². The first kappa shape index (κ1) is 15.3. The Kier molecular flexibility index (Phi) is 5.99. The summed E-state index contributed by atoms with van der Waals surface area (Å²) in [7, 11) is 0. The van der Waals surface area contributed by atoms with Gasteiger partial charge in [-0.1, -0.05) is 19.3 Å². The molecule has 114 valence electrons. The molecule has 1 aliphatic rings. The van der Waals surface area contributed by atoms with Crippen LogP contribution in [0.5, 0.6) is 0 Å². The summed E-state index contributed by atoms with van der Waals surface area (Å²) in [6.45, 7) is 0.427. The molecular weight excluding hydrogens is 268 g/mol. The summed E-state index contributed by atoms with van der Waals surface area (Å²) in [6.07, 6.45) is 8.99. The summed E-state index contributed by atoms with van der Waals surface area (Å²) in [4.78, 5) is 27.2. The maximum absolute atomic E-state index is 11.7. The van der Waals surface area contributed by atoms with Crippen molar-refractivity contribution in [2.75, 3.05) is 6.54 Å². The van der Waals surface area contributed by atoms with Gasteiger partial charge in [-0.2, -0.15) is 0 Å². The number of hydrogen-bond acceptors (Lipinski definition) is 3. The normalized spacial score (nSPS) is 15.2. The van der Waals surface area contributed by atoms with Gasteiger partial charge in [0.25, 0.3) is 0 Å². The van der Waals surface area contributed by atoms with Crippen LogP contribution in [0, 0.1) is 0 Å². The smallest absolute Gasteiger partial charge is 0.315 e. The topological polar surface area (TPSA) is 83.1 Å². The average Bonchev–Trinajstić information content (AvgIpc) is 2.53. The third-order valence-corrected chi connectivity index (χ3v) is 3.59. The summed E-state index contributed by atoms with van der Waals surface area (Å²) in [6, 6.07) is 3.66. The van der Waals surface area contributed by atoms with Crippen LogP contribution in [0.2, 0.25) is 0 Å². The lowest BCUT2D eigenvalue weighted by molar-refractivity contribution is -0.120. The zero-order valence-electron chi connectivity index (χ0n) is 12.1. The van der Waals surface area contributed by atoms with Crippen LogP contribution in [-0.4, -0.2) is 29.5 Å². The van der Waals surface area contributed by atoms with E-state index >= 15 is 0 Å². The van der Waals surface area contributed by atoms with E-state index in [0.717, 1.165) is 31.2 Å². The van der Waals surface area contributed by atoms with Gasteiger partial charge in [0.1, 0.15) is 0 Å². The molecule has 1 fully saturated rings. The molecule has 1 aromatic heterocycles. The molecule has 0 aliphatic heterocycles. The second-order valence-electron chi connectivity index (χ2n) is 5.29. The van der Waals surface area contributed by atoms with Gasteiger partial charge in [-0.3, -0.25) is 9.78 Å². The summed E-state index contributed by atoms with van der Waals surface area (Å²) < 4.78 is 0. The first-order valence-corrected chi connectivity index (χ1v) is 7.44. The van der Waals surface area contributed by atoms with E-state index in [-0.39, 0.29) is 24.5 Å². The molecule has 0 atom stereocenters. The molecule has 0 bridgehead atoms. The first-order chi connectivity index (χ1) is 10.2. The van der Waals surface area contributed by atoms with Gasteiger partial charge in [-0.25, -0.2) is 4.79 Å². The van der Waals surface area contributed by atoms with Crippen LogP contribution in [-0.2, 0) is 11.3 Å². The number of nitrogens with zero attached hydrogens (tertiary/aromatic N) is 1. The van der Waals surface area contributed by atoms with Gasteiger partial charge in [0.05, 0.1) is 6.54 Å². The fraction of sp³-hybridized carbons (Fsp3) is 0.533. The number of amides is 3. The van der Waals surface area contributed by atoms with Crippen molar-refractivity contribution in [3.63, 3.8) is 0 Å². The summed E-state index contributed by atoms with van der Waals surface area (Å²) in [5, 5.41) is 8.25. The second kappa shape index (κ2) is 8.24. The lowest BCUT2D eigenvalue weighted by atomic mass is 9.96. The lowest BCUT2D eigenvalue weighted by Gasteiger charge is -2.22. The summed E-state index contributed by atoms with van der Waals surface area (Å²) >= 11 is 0. The fourth-order valence-corrected chi connectivity index (χ4v) is 2.41. The van der Waals surface area contributed by atoms with E-state index in [2.05, 4.69) is 20.9 Å². The summed E-state index contributed by atoms with van der Waals surface area (Å²) in [5.74, 6) is -0.203. The van der Waals surface area contributed by atoms with E-state index in [1.165, 1.54) is 6.42 Å². The lowest BCUT2D eigenvalue weighted by Crippen LogP contribution is -2.46. The van der Waals surface area contributed by atoms with Crippen LogP contribution >= 0.6 is 0 Å². The Morgan fingerprint density at radius 3 is 2.52 bits per heavy atom. The van der Waals surface area contributed by atoms with Crippen molar-refractivity contribution in [3.05, 3.63) is 30.1 Å². The van der Waals surface area contributed by atoms with Crippen molar-refractivity contribution in [1.29, 1.82) is 0 Å². The molecule has 0 radical (unpaired) electrons. The molecule has 6 heteroatoms. The van der Waals surface area contributed by atoms with E-state index in [9.17, 15) is 9.59 Å². The number of urea groups is 1. The molecule has 21 heavy (non-hydrogen) atoms. The number of carbonyl (C=O) groups excluding carboxylic acids is 2. The number of hydrogen-bond donors (Lipinski definition) is 3. The number of nitrogens with one attached hydrogen (secondary N) is 3. The van der Waals surface area contributed by atoms with Crippen molar-refractivity contribution >= 4 is 11.9 Å².